The summed E-state index contributed by atoms with van der Waals surface area (Å²) in [5, 5.41) is 10.3. The number of fused-ring (bicyclic) bond motifs is 2. The standard InChI is InChI=1S/C12H20N4S/c1-2-11-13-14-12-16(11)15-9-7-5-3-4-6-8-10(9)17-12/h9-10,15H,2-8H2,1H3. The van der Waals surface area contributed by atoms with E-state index in [-0.39, 0.29) is 0 Å². The summed E-state index contributed by atoms with van der Waals surface area (Å²) < 4.78 is 2.12. The average Bonchev–Trinajstić information content (AvgIpc) is 2.71. The summed E-state index contributed by atoms with van der Waals surface area (Å²) in [5.41, 5.74) is 3.64. The van der Waals surface area contributed by atoms with E-state index in [9.17, 15) is 0 Å². The van der Waals surface area contributed by atoms with Gasteiger partial charge in [-0.05, 0) is 12.8 Å². The van der Waals surface area contributed by atoms with Crippen LogP contribution in [0.25, 0.3) is 0 Å². The zero-order chi connectivity index (χ0) is 11.7. The van der Waals surface area contributed by atoms with Crippen molar-refractivity contribution in [1.82, 2.24) is 14.9 Å². The molecule has 1 N–H and O–H groups in total. The third-order valence-electron chi connectivity index (χ3n) is 3.77. The van der Waals surface area contributed by atoms with Crippen molar-refractivity contribution < 1.29 is 0 Å². The monoisotopic (exact) mass is 252 g/mol. The second-order valence-corrected chi connectivity index (χ2v) is 6.18. The molecule has 1 aliphatic carbocycles. The first kappa shape index (κ1) is 11.4. The third-order valence-corrected chi connectivity index (χ3v) is 5.11. The van der Waals surface area contributed by atoms with E-state index in [1.165, 1.54) is 38.5 Å². The Balaban J connectivity index is 1.83. The molecule has 3 rings (SSSR count). The molecular formula is C12H20N4S. The molecular weight excluding hydrogens is 232 g/mol. The van der Waals surface area contributed by atoms with E-state index in [1.807, 2.05) is 11.8 Å². The van der Waals surface area contributed by atoms with Gasteiger partial charge in [0.05, 0.1) is 6.04 Å². The summed E-state index contributed by atoms with van der Waals surface area (Å²) in [6, 6.07) is 0.606. The van der Waals surface area contributed by atoms with E-state index in [0.717, 1.165) is 17.4 Å². The second-order valence-electron chi connectivity index (χ2n) is 4.97. The minimum Gasteiger partial charge on any atom is -0.318 e. The molecule has 94 valence electrons. The smallest absolute Gasteiger partial charge is 0.210 e. The van der Waals surface area contributed by atoms with E-state index in [4.69, 9.17) is 0 Å². The summed E-state index contributed by atoms with van der Waals surface area (Å²) in [6.45, 7) is 2.13. The Bertz CT molecular complexity index is 390. The lowest BCUT2D eigenvalue weighted by molar-refractivity contribution is 0.440. The van der Waals surface area contributed by atoms with Crippen LogP contribution < -0.4 is 5.43 Å². The number of nitrogens with zero attached hydrogens (tertiary/aromatic N) is 3. The van der Waals surface area contributed by atoms with Gasteiger partial charge in [0.25, 0.3) is 0 Å². The van der Waals surface area contributed by atoms with E-state index >= 15 is 0 Å². The minimum atomic E-state index is 0.606. The molecule has 2 heterocycles. The van der Waals surface area contributed by atoms with Crippen molar-refractivity contribution in [3.63, 3.8) is 0 Å². The highest BCUT2D eigenvalue weighted by Crippen LogP contribution is 2.35. The van der Waals surface area contributed by atoms with Crippen molar-refractivity contribution in [3.8, 4) is 0 Å². The quantitative estimate of drug-likeness (QED) is 0.834. The van der Waals surface area contributed by atoms with Crippen molar-refractivity contribution in [2.75, 3.05) is 5.43 Å². The lowest BCUT2D eigenvalue weighted by Gasteiger charge is -2.34. The van der Waals surface area contributed by atoms with Crippen LogP contribution in [0.5, 0.6) is 0 Å². The molecule has 0 amide bonds. The lowest BCUT2D eigenvalue weighted by Crippen LogP contribution is -2.42. The van der Waals surface area contributed by atoms with Crippen LogP contribution in [0.15, 0.2) is 5.16 Å². The highest BCUT2D eigenvalue weighted by atomic mass is 32.2. The minimum absolute atomic E-state index is 0.606. The van der Waals surface area contributed by atoms with Crippen molar-refractivity contribution in [1.29, 1.82) is 0 Å². The number of aryl methyl sites for hydroxylation is 1. The van der Waals surface area contributed by atoms with Gasteiger partial charge >= 0.3 is 0 Å². The number of hydrogen-bond donors (Lipinski definition) is 1. The second kappa shape index (κ2) is 4.88. The number of thioether (sulfide) groups is 1. The lowest BCUT2D eigenvalue weighted by atomic mass is 9.96. The topological polar surface area (TPSA) is 42.7 Å². The summed E-state index contributed by atoms with van der Waals surface area (Å²) in [5.74, 6) is 1.06. The number of hydrogen-bond acceptors (Lipinski definition) is 4. The first-order chi connectivity index (χ1) is 8.38. The van der Waals surface area contributed by atoms with Gasteiger partial charge in [0, 0.05) is 11.7 Å². The van der Waals surface area contributed by atoms with Gasteiger partial charge < -0.3 is 5.43 Å². The Kier molecular flexibility index (Phi) is 3.27. The van der Waals surface area contributed by atoms with Crippen LogP contribution >= 0.6 is 11.8 Å². The van der Waals surface area contributed by atoms with Crippen molar-refractivity contribution in [3.05, 3.63) is 5.82 Å². The van der Waals surface area contributed by atoms with E-state index in [1.54, 1.807) is 0 Å². The molecule has 1 fully saturated rings. The fraction of sp³-hybridized carbons (Fsp3) is 0.833. The Morgan fingerprint density at radius 1 is 1.24 bits per heavy atom. The first-order valence-corrected chi connectivity index (χ1v) is 7.64. The zero-order valence-electron chi connectivity index (χ0n) is 10.4. The molecule has 0 bridgehead atoms. The van der Waals surface area contributed by atoms with Crippen LogP contribution in [-0.2, 0) is 6.42 Å². The fourth-order valence-corrected chi connectivity index (χ4v) is 4.04. The summed E-state index contributed by atoms with van der Waals surface area (Å²) in [4.78, 5) is 0. The highest BCUT2D eigenvalue weighted by molar-refractivity contribution is 7.99. The van der Waals surface area contributed by atoms with Gasteiger partial charge in [-0.1, -0.05) is 44.4 Å². The van der Waals surface area contributed by atoms with Gasteiger partial charge in [-0.2, -0.15) is 0 Å². The number of aromatic nitrogens is 3. The Labute approximate surface area is 107 Å². The van der Waals surface area contributed by atoms with Crippen LogP contribution in [0.2, 0.25) is 0 Å². The molecule has 0 spiro atoms. The molecule has 1 aromatic heterocycles. The molecule has 0 aromatic carbocycles. The normalized spacial score (nSPS) is 28.5. The predicted molar refractivity (Wildman–Crippen MR) is 69.9 cm³/mol. The third kappa shape index (κ3) is 2.17. The first-order valence-electron chi connectivity index (χ1n) is 6.76. The summed E-state index contributed by atoms with van der Waals surface area (Å²) in [6.07, 6.45) is 9.06. The van der Waals surface area contributed by atoms with Crippen LogP contribution in [0.4, 0.5) is 0 Å². The maximum Gasteiger partial charge on any atom is 0.210 e. The fourth-order valence-electron chi connectivity index (χ4n) is 2.78. The van der Waals surface area contributed by atoms with Crippen molar-refractivity contribution >= 4 is 11.8 Å². The number of nitrogens with one attached hydrogen (secondary N) is 1. The molecule has 0 saturated heterocycles. The molecule has 2 unspecified atom stereocenters. The molecule has 17 heavy (non-hydrogen) atoms. The van der Waals surface area contributed by atoms with Gasteiger partial charge in [0.1, 0.15) is 0 Å². The van der Waals surface area contributed by atoms with Crippen molar-refractivity contribution in [2.45, 2.75) is 68.3 Å². The Morgan fingerprint density at radius 3 is 2.88 bits per heavy atom. The van der Waals surface area contributed by atoms with Crippen LogP contribution in [0, 0.1) is 0 Å². The van der Waals surface area contributed by atoms with Crippen LogP contribution in [0.3, 0.4) is 0 Å². The molecule has 0 radical (unpaired) electrons. The Hall–Kier alpha value is -0.710. The average molecular weight is 252 g/mol. The molecule has 2 atom stereocenters. The molecule has 4 nitrogen and oxygen atoms in total. The molecule has 1 aliphatic heterocycles. The zero-order valence-corrected chi connectivity index (χ0v) is 11.2. The summed E-state index contributed by atoms with van der Waals surface area (Å²) in [7, 11) is 0. The van der Waals surface area contributed by atoms with E-state index in [2.05, 4.69) is 27.2 Å². The van der Waals surface area contributed by atoms with E-state index < -0.39 is 0 Å². The molecule has 2 aliphatic rings. The molecule has 1 saturated carbocycles. The van der Waals surface area contributed by atoms with Crippen LogP contribution in [0.1, 0.15) is 51.3 Å². The Morgan fingerprint density at radius 2 is 2.06 bits per heavy atom. The van der Waals surface area contributed by atoms with Crippen molar-refractivity contribution in [2.24, 2.45) is 0 Å². The SMILES string of the molecule is CCc1nnc2n1NC1CCCCCCC1S2. The molecule has 5 heteroatoms. The van der Waals surface area contributed by atoms with E-state index in [0.29, 0.717) is 11.3 Å². The van der Waals surface area contributed by atoms with Gasteiger partial charge in [-0.3, -0.25) is 0 Å². The van der Waals surface area contributed by atoms with Gasteiger partial charge in [-0.15, -0.1) is 10.2 Å². The maximum atomic E-state index is 4.29. The van der Waals surface area contributed by atoms with Gasteiger partial charge in [-0.25, -0.2) is 4.68 Å². The van der Waals surface area contributed by atoms with Crippen LogP contribution in [-0.4, -0.2) is 26.2 Å². The summed E-state index contributed by atoms with van der Waals surface area (Å²) >= 11 is 1.93. The van der Waals surface area contributed by atoms with Gasteiger partial charge in [0.2, 0.25) is 5.16 Å². The largest absolute Gasteiger partial charge is 0.318 e. The maximum absolute atomic E-state index is 4.29. The predicted octanol–water partition coefficient (Wildman–Crippen LogP) is 2.58. The number of rotatable bonds is 1. The highest BCUT2D eigenvalue weighted by Gasteiger charge is 2.31. The van der Waals surface area contributed by atoms with Gasteiger partial charge in [0.15, 0.2) is 5.82 Å². The molecule has 1 aromatic rings.